The fourth-order valence-corrected chi connectivity index (χ4v) is 2.35. The molecule has 0 saturated carbocycles. The number of fused-ring (bicyclic) bond motifs is 1. The van der Waals surface area contributed by atoms with Gasteiger partial charge in [0.25, 0.3) is 0 Å². The van der Waals surface area contributed by atoms with Gasteiger partial charge in [-0.15, -0.1) is 5.10 Å². The Balaban J connectivity index is 1.63. The zero-order valence-electron chi connectivity index (χ0n) is 13.2. The Morgan fingerprint density at radius 3 is 2.54 bits per heavy atom. The van der Waals surface area contributed by atoms with Gasteiger partial charge in [0.05, 0.1) is 11.9 Å². The molecule has 24 heavy (non-hydrogen) atoms. The van der Waals surface area contributed by atoms with Gasteiger partial charge in [-0.3, -0.25) is 9.59 Å². The normalized spacial score (nSPS) is 10.5. The minimum absolute atomic E-state index is 0.0511. The van der Waals surface area contributed by atoms with Gasteiger partial charge in [-0.2, -0.15) is 0 Å². The van der Waals surface area contributed by atoms with E-state index in [2.05, 4.69) is 20.9 Å². The molecule has 2 aromatic carbocycles. The Labute approximate surface area is 138 Å². The second-order valence-electron chi connectivity index (χ2n) is 5.33. The van der Waals surface area contributed by atoms with E-state index in [1.165, 1.54) is 0 Å². The van der Waals surface area contributed by atoms with Crippen molar-refractivity contribution in [3.8, 4) is 0 Å². The Kier molecular flexibility index (Phi) is 4.51. The van der Waals surface area contributed by atoms with Crippen LogP contribution in [0.25, 0.3) is 11.0 Å². The SMILES string of the molecule is CNC(=O)Cc1ccc(NC(=O)Cn2nnc3ccccc32)cc1. The Hall–Kier alpha value is -3.22. The largest absolute Gasteiger partial charge is 0.359 e. The molecule has 0 fully saturated rings. The number of amides is 2. The summed E-state index contributed by atoms with van der Waals surface area (Å²) in [6.07, 6.45) is 0.315. The molecule has 0 aliphatic rings. The summed E-state index contributed by atoms with van der Waals surface area (Å²) in [4.78, 5) is 23.5. The molecule has 0 bridgehead atoms. The number of carbonyl (C=O) groups excluding carboxylic acids is 2. The lowest BCUT2D eigenvalue weighted by molar-refractivity contribution is -0.120. The van der Waals surface area contributed by atoms with E-state index in [1.54, 1.807) is 23.9 Å². The first-order chi connectivity index (χ1) is 11.7. The molecule has 0 spiro atoms. The number of benzene rings is 2. The number of para-hydroxylation sites is 1. The minimum Gasteiger partial charge on any atom is -0.359 e. The maximum atomic E-state index is 12.2. The molecule has 0 atom stereocenters. The Bertz CT molecular complexity index is 870. The van der Waals surface area contributed by atoms with Crippen molar-refractivity contribution in [3.63, 3.8) is 0 Å². The molecule has 0 aliphatic heterocycles. The molecule has 1 aromatic heterocycles. The highest BCUT2D eigenvalue weighted by atomic mass is 16.2. The average Bonchev–Trinajstić information content (AvgIpc) is 2.99. The third kappa shape index (κ3) is 3.57. The lowest BCUT2D eigenvalue weighted by Crippen LogP contribution is -2.20. The highest BCUT2D eigenvalue weighted by Gasteiger charge is 2.09. The van der Waals surface area contributed by atoms with E-state index in [1.807, 2.05) is 36.4 Å². The molecule has 3 aromatic rings. The van der Waals surface area contributed by atoms with Crippen LogP contribution in [0.5, 0.6) is 0 Å². The number of hydrogen-bond acceptors (Lipinski definition) is 4. The number of likely N-dealkylation sites (N-methyl/N-ethyl adjacent to an activating group) is 1. The lowest BCUT2D eigenvalue weighted by Gasteiger charge is -2.07. The third-order valence-electron chi connectivity index (χ3n) is 3.59. The Morgan fingerprint density at radius 2 is 1.79 bits per heavy atom. The molecule has 7 heteroatoms. The fraction of sp³-hybridized carbons (Fsp3) is 0.176. The summed E-state index contributed by atoms with van der Waals surface area (Å²) in [5.74, 6) is -0.241. The number of nitrogens with zero attached hydrogens (tertiary/aromatic N) is 3. The van der Waals surface area contributed by atoms with Crippen LogP contribution in [0.1, 0.15) is 5.56 Å². The Morgan fingerprint density at radius 1 is 1.04 bits per heavy atom. The number of nitrogens with one attached hydrogen (secondary N) is 2. The van der Waals surface area contributed by atoms with Gasteiger partial charge in [-0.25, -0.2) is 4.68 Å². The summed E-state index contributed by atoms with van der Waals surface area (Å²) in [6, 6.07) is 14.7. The van der Waals surface area contributed by atoms with Crippen molar-refractivity contribution in [2.45, 2.75) is 13.0 Å². The molecule has 2 N–H and O–H groups in total. The third-order valence-corrected chi connectivity index (χ3v) is 3.59. The second kappa shape index (κ2) is 6.91. The van der Waals surface area contributed by atoms with Gasteiger partial charge in [-0.05, 0) is 29.8 Å². The molecule has 3 rings (SSSR count). The van der Waals surface area contributed by atoms with Crippen LogP contribution in [0.3, 0.4) is 0 Å². The predicted molar refractivity (Wildman–Crippen MR) is 90.4 cm³/mol. The summed E-state index contributed by atoms with van der Waals surface area (Å²) in [6.45, 7) is 0.0838. The number of aromatic nitrogens is 3. The van der Waals surface area contributed by atoms with Gasteiger partial charge in [0.2, 0.25) is 11.8 Å². The van der Waals surface area contributed by atoms with Crippen LogP contribution >= 0.6 is 0 Å². The van der Waals surface area contributed by atoms with Gasteiger partial charge in [0.15, 0.2) is 0 Å². The van der Waals surface area contributed by atoms with E-state index in [9.17, 15) is 9.59 Å². The lowest BCUT2D eigenvalue weighted by atomic mass is 10.1. The first kappa shape index (κ1) is 15.7. The van der Waals surface area contributed by atoms with Gasteiger partial charge < -0.3 is 10.6 Å². The molecule has 0 unspecified atom stereocenters. The predicted octanol–water partition coefficient (Wildman–Crippen LogP) is 1.36. The first-order valence-corrected chi connectivity index (χ1v) is 7.53. The molecule has 0 aliphatic carbocycles. The molecular formula is C17H17N5O2. The number of hydrogen-bond donors (Lipinski definition) is 2. The molecule has 7 nitrogen and oxygen atoms in total. The van der Waals surface area contributed by atoms with Crippen molar-refractivity contribution in [3.05, 3.63) is 54.1 Å². The van der Waals surface area contributed by atoms with E-state index in [0.717, 1.165) is 16.6 Å². The highest BCUT2D eigenvalue weighted by Crippen LogP contribution is 2.12. The van der Waals surface area contributed by atoms with Crippen LogP contribution in [0.4, 0.5) is 5.69 Å². The molecule has 0 saturated heterocycles. The van der Waals surface area contributed by atoms with E-state index in [4.69, 9.17) is 0 Å². The maximum absolute atomic E-state index is 12.2. The number of rotatable bonds is 5. The average molecular weight is 323 g/mol. The zero-order chi connectivity index (χ0) is 16.9. The standard InChI is InChI=1S/C17H17N5O2/c1-18-16(23)10-12-6-8-13(9-7-12)19-17(24)11-22-15-5-3-2-4-14(15)20-21-22/h2-9H,10-11H2,1H3,(H,18,23)(H,19,24). The second-order valence-corrected chi connectivity index (χ2v) is 5.33. The monoisotopic (exact) mass is 323 g/mol. The smallest absolute Gasteiger partial charge is 0.246 e. The summed E-state index contributed by atoms with van der Waals surface area (Å²) in [7, 11) is 1.60. The summed E-state index contributed by atoms with van der Waals surface area (Å²) >= 11 is 0. The van der Waals surface area contributed by atoms with E-state index in [-0.39, 0.29) is 18.4 Å². The number of anilines is 1. The minimum atomic E-state index is -0.190. The topological polar surface area (TPSA) is 88.9 Å². The van der Waals surface area contributed by atoms with Crippen molar-refractivity contribution >= 4 is 28.5 Å². The van der Waals surface area contributed by atoms with Gasteiger partial charge in [0.1, 0.15) is 12.1 Å². The van der Waals surface area contributed by atoms with Crippen molar-refractivity contribution in [2.24, 2.45) is 0 Å². The van der Waals surface area contributed by atoms with Gasteiger partial charge in [0, 0.05) is 12.7 Å². The van der Waals surface area contributed by atoms with Crippen LogP contribution in [0.2, 0.25) is 0 Å². The van der Waals surface area contributed by atoms with Crippen molar-refractivity contribution in [2.75, 3.05) is 12.4 Å². The molecule has 2 amide bonds. The quantitative estimate of drug-likeness (QED) is 0.742. The molecule has 1 heterocycles. The van der Waals surface area contributed by atoms with Gasteiger partial charge >= 0.3 is 0 Å². The van der Waals surface area contributed by atoms with E-state index < -0.39 is 0 Å². The fourth-order valence-electron chi connectivity index (χ4n) is 2.35. The van der Waals surface area contributed by atoms with Crippen LogP contribution in [0, 0.1) is 0 Å². The summed E-state index contributed by atoms with van der Waals surface area (Å²) < 4.78 is 1.56. The number of carbonyl (C=O) groups is 2. The molecule has 0 radical (unpaired) electrons. The molecular weight excluding hydrogens is 306 g/mol. The summed E-state index contributed by atoms with van der Waals surface area (Å²) in [5.41, 5.74) is 3.12. The highest BCUT2D eigenvalue weighted by molar-refractivity contribution is 5.91. The first-order valence-electron chi connectivity index (χ1n) is 7.53. The van der Waals surface area contributed by atoms with Crippen LogP contribution in [-0.2, 0) is 22.6 Å². The van der Waals surface area contributed by atoms with E-state index in [0.29, 0.717) is 12.1 Å². The van der Waals surface area contributed by atoms with Crippen molar-refractivity contribution in [1.29, 1.82) is 0 Å². The van der Waals surface area contributed by atoms with Crippen molar-refractivity contribution < 1.29 is 9.59 Å². The molecule has 122 valence electrons. The van der Waals surface area contributed by atoms with E-state index >= 15 is 0 Å². The zero-order valence-corrected chi connectivity index (χ0v) is 13.2. The van der Waals surface area contributed by atoms with Gasteiger partial charge in [-0.1, -0.05) is 29.5 Å². The van der Waals surface area contributed by atoms with Crippen LogP contribution < -0.4 is 10.6 Å². The van der Waals surface area contributed by atoms with Crippen molar-refractivity contribution in [1.82, 2.24) is 20.3 Å². The van der Waals surface area contributed by atoms with Crippen LogP contribution in [-0.4, -0.2) is 33.9 Å². The summed E-state index contributed by atoms with van der Waals surface area (Å²) in [5, 5.41) is 13.4. The maximum Gasteiger partial charge on any atom is 0.246 e. The van der Waals surface area contributed by atoms with Crippen LogP contribution in [0.15, 0.2) is 48.5 Å².